The van der Waals surface area contributed by atoms with Gasteiger partial charge in [0.25, 0.3) is 0 Å². The van der Waals surface area contributed by atoms with E-state index in [-0.39, 0.29) is 0 Å². The van der Waals surface area contributed by atoms with Gasteiger partial charge in [-0.3, -0.25) is 0 Å². The Balaban J connectivity index is 1.82. The van der Waals surface area contributed by atoms with Crippen molar-refractivity contribution < 1.29 is 0 Å². The average molecular weight is 275 g/mol. The van der Waals surface area contributed by atoms with Crippen molar-refractivity contribution in [1.82, 2.24) is 14.8 Å². The van der Waals surface area contributed by atoms with Crippen LogP contribution >= 0.6 is 0 Å². The lowest BCUT2D eigenvalue weighted by atomic mass is 10.2. The molecule has 1 aliphatic carbocycles. The van der Waals surface area contributed by atoms with Gasteiger partial charge >= 0.3 is 0 Å². The van der Waals surface area contributed by atoms with E-state index in [9.17, 15) is 0 Å². The number of aromatic nitrogens is 3. The highest BCUT2D eigenvalue weighted by Crippen LogP contribution is 2.34. The van der Waals surface area contributed by atoms with Gasteiger partial charge in [-0.2, -0.15) is 0 Å². The first-order valence-corrected chi connectivity index (χ1v) is 7.46. The number of nitrogens with zero attached hydrogens (tertiary/aromatic N) is 3. The highest BCUT2D eigenvalue weighted by atomic mass is 15.3. The molecule has 1 heterocycles. The van der Waals surface area contributed by atoms with Crippen molar-refractivity contribution in [3.05, 3.63) is 60.7 Å². The van der Waals surface area contributed by atoms with Crippen LogP contribution in [0.1, 0.15) is 12.8 Å². The van der Waals surface area contributed by atoms with E-state index in [1.807, 2.05) is 36.4 Å². The molecule has 3 nitrogen and oxygen atoms in total. The van der Waals surface area contributed by atoms with E-state index in [0.29, 0.717) is 0 Å². The van der Waals surface area contributed by atoms with Gasteiger partial charge in [0.05, 0.1) is 0 Å². The highest BCUT2D eigenvalue weighted by Gasteiger charge is 2.25. The molecule has 1 fully saturated rings. The Kier molecular flexibility index (Phi) is 3.03. The lowest BCUT2D eigenvalue weighted by molar-refractivity contribution is 0.636. The summed E-state index contributed by atoms with van der Waals surface area (Å²) in [5, 5.41) is 8.91. The standard InChI is InChI=1S/C18H17N3/c1-3-7-15(8-4-1)17-19-20-18(16-9-5-2-6-10-16)21(17)13-14-11-12-14/h1-10,14H,11-13H2. The second-order valence-corrected chi connectivity index (χ2v) is 5.63. The largest absolute Gasteiger partial charge is 0.307 e. The monoisotopic (exact) mass is 275 g/mol. The van der Waals surface area contributed by atoms with Crippen LogP contribution in [0.25, 0.3) is 22.8 Å². The van der Waals surface area contributed by atoms with E-state index < -0.39 is 0 Å². The normalized spacial score (nSPS) is 14.3. The van der Waals surface area contributed by atoms with Gasteiger partial charge in [-0.05, 0) is 18.8 Å². The zero-order valence-corrected chi connectivity index (χ0v) is 11.8. The summed E-state index contributed by atoms with van der Waals surface area (Å²) in [5.41, 5.74) is 2.26. The first-order valence-electron chi connectivity index (χ1n) is 7.46. The summed E-state index contributed by atoms with van der Waals surface area (Å²) in [6, 6.07) is 20.7. The highest BCUT2D eigenvalue weighted by molar-refractivity contribution is 5.62. The molecule has 2 aromatic carbocycles. The van der Waals surface area contributed by atoms with E-state index in [1.54, 1.807) is 0 Å². The summed E-state index contributed by atoms with van der Waals surface area (Å²) < 4.78 is 2.28. The lowest BCUT2D eigenvalue weighted by Gasteiger charge is -2.10. The Morgan fingerprint density at radius 1 is 0.762 bits per heavy atom. The second kappa shape index (κ2) is 5.17. The van der Waals surface area contributed by atoms with Crippen LogP contribution in [-0.4, -0.2) is 14.8 Å². The molecular weight excluding hydrogens is 258 g/mol. The van der Waals surface area contributed by atoms with E-state index in [0.717, 1.165) is 35.2 Å². The molecule has 1 saturated carbocycles. The van der Waals surface area contributed by atoms with Gasteiger partial charge in [0.1, 0.15) is 0 Å². The fourth-order valence-corrected chi connectivity index (χ4v) is 2.64. The molecule has 0 aliphatic heterocycles. The zero-order valence-electron chi connectivity index (χ0n) is 11.8. The van der Waals surface area contributed by atoms with Crippen LogP contribution in [-0.2, 0) is 6.54 Å². The Morgan fingerprint density at radius 3 is 1.67 bits per heavy atom. The van der Waals surface area contributed by atoms with Crippen LogP contribution in [0.4, 0.5) is 0 Å². The van der Waals surface area contributed by atoms with E-state index in [1.165, 1.54) is 12.8 Å². The first-order chi connectivity index (χ1) is 10.4. The molecule has 21 heavy (non-hydrogen) atoms. The molecule has 0 saturated heterocycles. The van der Waals surface area contributed by atoms with Crippen molar-refractivity contribution in [3.63, 3.8) is 0 Å². The summed E-state index contributed by atoms with van der Waals surface area (Å²) in [5.74, 6) is 2.73. The van der Waals surface area contributed by atoms with Crippen LogP contribution in [0.3, 0.4) is 0 Å². The Labute approximate surface area is 124 Å². The molecule has 0 atom stereocenters. The molecule has 0 N–H and O–H groups in total. The van der Waals surface area contributed by atoms with Crippen molar-refractivity contribution in [2.45, 2.75) is 19.4 Å². The zero-order chi connectivity index (χ0) is 14.1. The molecular formula is C18H17N3. The fourth-order valence-electron chi connectivity index (χ4n) is 2.64. The van der Waals surface area contributed by atoms with Crippen molar-refractivity contribution in [2.75, 3.05) is 0 Å². The predicted octanol–water partition coefficient (Wildman–Crippen LogP) is 4.02. The summed E-state index contributed by atoms with van der Waals surface area (Å²) in [4.78, 5) is 0. The van der Waals surface area contributed by atoms with Gasteiger partial charge in [0.2, 0.25) is 0 Å². The molecule has 1 aromatic heterocycles. The van der Waals surface area contributed by atoms with Crippen molar-refractivity contribution >= 4 is 0 Å². The molecule has 3 heteroatoms. The van der Waals surface area contributed by atoms with Gasteiger partial charge in [-0.15, -0.1) is 10.2 Å². The van der Waals surface area contributed by atoms with E-state index in [2.05, 4.69) is 39.0 Å². The van der Waals surface area contributed by atoms with Crippen molar-refractivity contribution in [3.8, 4) is 22.8 Å². The Hall–Kier alpha value is -2.42. The summed E-state index contributed by atoms with van der Waals surface area (Å²) >= 11 is 0. The SMILES string of the molecule is c1ccc(-c2nnc(-c3ccccc3)n2CC2CC2)cc1. The minimum Gasteiger partial charge on any atom is -0.307 e. The molecule has 104 valence electrons. The maximum absolute atomic E-state index is 4.46. The summed E-state index contributed by atoms with van der Waals surface area (Å²) in [7, 11) is 0. The molecule has 0 amide bonds. The van der Waals surface area contributed by atoms with Crippen LogP contribution in [0.15, 0.2) is 60.7 Å². The molecule has 0 radical (unpaired) electrons. The lowest BCUT2D eigenvalue weighted by Crippen LogP contribution is -2.04. The Bertz CT molecular complexity index is 671. The van der Waals surface area contributed by atoms with Crippen LogP contribution in [0.2, 0.25) is 0 Å². The van der Waals surface area contributed by atoms with Gasteiger partial charge in [-0.25, -0.2) is 0 Å². The third-order valence-electron chi connectivity index (χ3n) is 3.95. The fraction of sp³-hybridized carbons (Fsp3) is 0.222. The van der Waals surface area contributed by atoms with Crippen molar-refractivity contribution in [2.24, 2.45) is 5.92 Å². The maximum atomic E-state index is 4.46. The second-order valence-electron chi connectivity index (χ2n) is 5.63. The average Bonchev–Trinajstić information content (AvgIpc) is 3.27. The number of benzene rings is 2. The number of rotatable bonds is 4. The van der Waals surface area contributed by atoms with Gasteiger partial charge in [-0.1, -0.05) is 60.7 Å². The summed E-state index contributed by atoms with van der Waals surface area (Å²) in [6.45, 7) is 1.02. The van der Waals surface area contributed by atoms with Crippen molar-refractivity contribution in [1.29, 1.82) is 0 Å². The molecule has 0 bridgehead atoms. The van der Waals surface area contributed by atoms with Gasteiger partial charge < -0.3 is 4.57 Å². The molecule has 0 spiro atoms. The minimum absolute atomic E-state index is 0.783. The maximum Gasteiger partial charge on any atom is 0.164 e. The van der Waals surface area contributed by atoms with Crippen LogP contribution in [0.5, 0.6) is 0 Å². The number of hydrogen-bond acceptors (Lipinski definition) is 2. The topological polar surface area (TPSA) is 30.7 Å². The molecule has 4 rings (SSSR count). The molecule has 1 aliphatic rings. The summed E-state index contributed by atoms with van der Waals surface area (Å²) in [6.07, 6.45) is 2.64. The van der Waals surface area contributed by atoms with E-state index in [4.69, 9.17) is 0 Å². The van der Waals surface area contributed by atoms with Gasteiger partial charge in [0.15, 0.2) is 11.6 Å². The third-order valence-corrected chi connectivity index (χ3v) is 3.95. The Morgan fingerprint density at radius 2 is 1.24 bits per heavy atom. The smallest absolute Gasteiger partial charge is 0.164 e. The molecule has 3 aromatic rings. The van der Waals surface area contributed by atoms with E-state index >= 15 is 0 Å². The van der Waals surface area contributed by atoms with Crippen LogP contribution < -0.4 is 0 Å². The van der Waals surface area contributed by atoms with Crippen LogP contribution in [0, 0.1) is 5.92 Å². The predicted molar refractivity (Wildman–Crippen MR) is 83.6 cm³/mol. The molecule has 0 unspecified atom stereocenters. The van der Waals surface area contributed by atoms with Gasteiger partial charge in [0, 0.05) is 17.7 Å². The minimum atomic E-state index is 0.783. The quantitative estimate of drug-likeness (QED) is 0.720. The first kappa shape index (κ1) is 12.3. The number of hydrogen-bond donors (Lipinski definition) is 0. The third kappa shape index (κ3) is 2.47.